The van der Waals surface area contributed by atoms with E-state index in [-0.39, 0.29) is 17.7 Å². The minimum absolute atomic E-state index is 0.0623. The first kappa shape index (κ1) is 19.2. The van der Waals surface area contributed by atoms with Gasteiger partial charge in [-0.2, -0.15) is 0 Å². The van der Waals surface area contributed by atoms with E-state index in [1.54, 1.807) is 12.1 Å². The third-order valence-corrected chi connectivity index (χ3v) is 4.90. The Hall–Kier alpha value is -2.59. The number of rotatable bonds is 4. The van der Waals surface area contributed by atoms with E-state index in [9.17, 15) is 9.59 Å². The average molecular weight is 383 g/mol. The highest BCUT2D eigenvalue weighted by Gasteiger charge is 2.24. The van der Waals surface area contributed by atoms with Crippen LogP contribution >= 0.6 is 11.6 Å². The Morgan fingerprint density at radius 3 is 2.70 bits per heavy atom. The molecule has 140 valence electrons. The first-order valence-electron chi connectivity index (χ1n) is 9.13. The van der Waals surface area contributed by atoms with Crippen molar-refractivity contribution in [2.45, 2.75) is 26.7 Å². The third-order valence-electron chi connectivity index (χ3n) is 4.55. The zero-order chi connectivity index (χ0) is 19.4. The van der Waals surface area contributed by atoms with Crippen molar-refractivity contribution in [1.29, 1.82) is 0 Å². The van der Waals surface area contributed by atoms with Gasteiger partial charge in [0.2, 0.25) is 11.8 Å². The van der Waals surface area contributed by atoms with Crippen LogP contribution in [0.4, 0.5) is 11.4 Å². The summed E-state index contributed by atoms with van der Waals surface area (Å²) < 4.78 is 0. The summed E-state index contributed by atoms with van der Waals surface area (Å²) in [5.41, 5.74) is 3.49. The van der Waals surface area contributed by atoms with Gasteiger partial charge in [-0.1, -0.05) is 49.7 Å². The Balaban J connectivity index is 1.76. The van der Waals surface area contributed by atoms with Crippen molar-refractivity contribution in [2.75, 3.05) is 16.8 Å². The lowest BCUT2D eigenvalue weighted by Crippen LogP contribution is -2.38. The molecule has 0 aliphatic carbocycles. The van der Waals surface area contributed by atoms with E-state index >= 15 is 0 Å². The molecular formula is C22H23ClN2O2. The van der Waals surface area contributed by atoms with E-state index in [0.717, 1.165) is 29.7 Å². The lowest BCUT2D eigenvalue weighted by molar-refractivity contribution is -0.121. The molecule has 0 saturated carbocycles. The van der Waals surface area contributed by atoms with Crippen LogP contribution in [0.5, 0.6) is 0 Å². The second kappa shape index (κ2) is 8.40. The van der Waals surface area contributed by atoms with Crippen molar-refractivity contribution >= 4 is 40.9 Å². The molecule has 0 aromatic heterocycles. The smallest absolute Gasteiger partial charge is 0.248 e. The minimum Gasteiger partial charge on any atom is -0.322 e. The van der Waals surface area contributed by atoms with Gasteiger partial charge in [-0.3, -0.25) is 9.59 Å². The molecule has 0 bridgehead atoms. The summed E-state index contributed by atoms with van der Waals surface area (Å²) >= 11 is 6.10. The van der Waals surface area contributed by atoms with Crippen molar-refractivity contribution in [3.05, 3.63) is 64.7 Å². The Morgan fingerprint density at radius 1 is 1.19 bits per heavy atom. The molecule has 0 spiro atoms. The number of hydrogen-bond donors (Lipinski definition) is 1. The van der Waals surface area contributed by atoms with E-state index in [0.29, 0.717) is 17.3 Å². The molecule has 2 amide bonds. The van der Waals surface area contributed by atoms with Crippen molar-refractivity contribution in [3.8, 4) is 0 Å². The number of anilines is 2. The molecule has 1 heterocycles. The monoisotopic (exact) mass is 382 g/mol. The molecule has 0 radical (unpaired) electrons. The van der Waals surface area contributed by atoms with Crippen LogP contribution in [-0.4, -0.2) is 18.4 Å². The molecule has 1 aliphatic heterocycles. The van der Waals surface area contributed by atoms with Crippen LogP contribution in [0.25, 0.3) is 6.08 Å². The van der Waals surface area contributed by atoms with Crippen LogP contribution in [0.1, 0.15) is 31.4 Å². The predicted octanol–water partition coefficient (Wildman–Crippen LogP) is 4.93. The van der Waals surface area contributed by atoms with Crippen LogP contribution in [-0.2, 0) is 16.0 Å². The fraction of sp³-hybridized carbons (Fsp3) is 0.273. The van der Waals surface area contributed by atoms with Gasteiger partial charge in [-0.25, -0.2) is 0 Å². The highest BCUT2D eigenvalue weighted by atomic mass is 35.5. The molecule has 1 N–H and O–H groups in total. The van der Waals surface area contributed by atoms with Gasteiger partial charge in [0.25, 0.3) is 0 Å². The normalized spacial score (nSPS) is 13.7. The highest BCUT2D eigenvalue weighted by Crippen LogP contribution is 2.31. The van der Waals surface area contributed by atoms with E-state index < -0.39 is 0 Å². The Labute approximate surface area is 164 Å². The third kappa shape index (κ3) is 4.58. The summed E-state index contributed by atoms with van der Waals surface area (Å²) in [4.78, 5) is 26.6. The van der Waals surface area contributed by atoms with Crippen LogP contribution in [0, 0.1) is 5.92 Å². The Morgan fingerprint density at radius 2 is 1.96 bits per heavy atom. The number of aryl methyl sites for hydroxylation is 1. The molecule has 0 unspecified atom stereocenters. The zero-order valence-corrected chi connectivity index (χ0v) is 16.3. The zero-order valence-electron chi connectivity index (χ0n) is 15.5. The molecule has 3 rings (SSSR count). The van der Waals surface area contributed by atoms with Crippen LogP contribution in [0.3, 0.4) is 0 Å². The van der Waals surface area contributed by atoms with Crippen molar-refractivity contribution in [1.82, 2.24) is 0 Å². The van der Waals surface area contributed by atoms with Gasteiger partial charge >= 0.3 is 0 Å². The number of halogens is 1. The fourth-order valence-corrected chi connectivity index (χ4v) is 3.35. The first-order valence-corrected chi connectivity index (χ1v) is 9.51. The lowest BCUT2D eigenvalue weighted by atomic mass is 9.99. The minimum atomic E-state index is -0.243. The van der Waals surface area contributed by atoms with E-state index in [4.69, 9.17) is 11.6 Å². The number of nitrogens with one attached hydrogen (secondary N) is 1. The van der Waals surface area contributed by atoms with E-state index in [2.05, 4.69) is 5.32 Å². The number of amides is 2. The molecule has 0 atom stereocenters. The number of fused-ring (bicyclic) bond motifs is 1. The van der Waals surface area contributed by atoms with Gasteiger partial charge in [0, 0.05) is 34.9 Å². The summed E-state index contributed by atoms with van der Waals surface area (Å²) in [6.07, 6.45) is 5.04. The van der Waals surface area contributed by atoms with Crippen molar-refractivity contribution in [3.63, 3.8) is 0 Å². The molecule has 2 aromatic carbocycles. The van der Waals surface area contributed by atoms with Gasteiger partial charge in [0.15, 0.2) is 0 Å². The molecule has 2 aromatic rings. The molecule has 0 saturated heterocycles. The lowest BCUT2D eigenvalue weighted by Gasteiger charge is -2.31. The van der Waals surface area contributed by atoms with E-state index in [1.165, 1.54) is 6.08 Å². The Bertz CT molecular complexity index is 890. The number of carbonyl (C=O) groups excluding carboxylic acids is 2. The van der Waals surface area contributed by atoms with Gasteiger partial charge in [0.05, 0.1) is 0 Å². The maximum Gasteiger partial charge on any atom is 0.248 e. The molecule has 27 heavy (non-hydrogen) atoms. The number of benzene rings is 2. The molecule has 5 heteroatoms. The summed E-state index contributed by atoms with van der Waals surface area (Å²) in [5.74, 6) is -0.196. The number of hydrogen-bond acceptors (Lipinski definition) is 2. The molecule has 1 aliphatic rings. The maximum absolute atomic E-state index is 12.5. The standard InChI is InChI=1S/C22H23ClN2O2/c1-15(2)22(27)25-13-5-7-17-9-11-18(14-20(17)25)24-21(26)12-10-16-6-3-4-8-19(16)23/h3-4,6,8-12,14-15H,5,7,13H2,1-2H3,(H,24,26)/b12-10+. The van der Waals surface area contributed by atoms with Crippen molar-refractivity contribution in [2.24, 2.45) is 5.92 Å². The molecular weight excluding hydrogens is 360 g/mol. The van der Waals surface area contributed by atoms with Crippen LogP contribution in [0.15, 0.2) is 48.5 Å². The molecule has 0 fully saturated rings. The second-order valence-electron chi connectivity index (χ2n) is 6.94. The number of nitrogens with zero attached hydrogens (tertiary/aromatic N) is 1. The SMILES string of the molecule is CC(C)C(=O)N1CCCc2ccc(NC(=O)/C=C/c3ccccc3Cl)cc21. The van der Waals surface area contributed by atoms with Gasteiger partial charge in [0.1, 0.15) is 0 Å². The van der Waals surface area contributed by atoms with Crippen LogP contribution < -0.4 is 10.2 Å². The summed E-state index contributed by atoms with van der Waals surface area (Å²) in [7, 11) is 0. The van der Waals surface area contributed by atoms with Gasteiger partial charge < -0.3 is 10.2 Å². The fourth-order valence-electron chi connectivity index (χ4n) is 3.15. The second-order valence-corrected chi connectivity index (χ2v) is 7.34. The van der Waals surface area contributed by atoms with Crippen molar-refractivity contribution < 1.29 is 9.59 Å². The first-order chi connectivity index (χ1) is 13.0. The highest BCUT2D eigenvalue weighted by molar-refractivity contribution is 6.32. The quantitative estimate of drug-likeness (QED) is 0.762. The summed E-state index contributed by atoms with van der Waals surface area (Å²) in [6.45, 7) is 4.53. The molecule has 4 nitrogen and oxygen atoms in total. The largest absolute Gasteiger partial charge is 0.322 e. The van der Waals surface area contributed by atoms with Gasteiger partial charge in [-0.15, -0.1) is 0 Å². The van der Waals surface area contributed by atoms with Gasteiger partial charge in [-0.05, 0) is 48.2 Å². The summed E-state index contributed by atoms with van der Waals surface area (Å²) in [6, 6.07) is 13.1. The predicted molar refractivity (Wildman–Crippen MR) is 111 cm³/mol. The van der Waals surface area contributed by atoms with Crippen LogP contribution in [0.2, 0.25) is 5.02 Å². The topological polar surface area (TPSA) is 49.4 Å². The Kier molecular flexibility index (Phi) is 5.97. The summed E-state index contributed by atoms with van der Waals surface area (Å²) in [5, 5.41) is 3.46. The maximum atomic E-state index is 12.5. The number of carbonyl (C=O) groups is 2. The van der Waals surface area contributed by atoms with E-state index in [1.807, 2.05) is 55.1 Å². The average Bonchev–Trinajstić information content (AvgIpc) is 2.66.